The summed E-state index contributed by atoms with van der Waals surface area (Å²) in [5.41, 5.74) is 0.0810. The summed E-state index contributed by atoms with van der Waals surface area (Å²) in [6.07, 6.45) is 1.45. The maximum atomic E-state index is 10.1. The van der Waals surface area contributed by atoms with E-state index >= 15 is 0 Å². The van der Waals surface area contributed by atoms with Gasteiger partial charge in [0.25, 0.3) is 0 Å². The molecule has 1 rings (SSSR count). The molecule has 0 aliphatic rings. The summed E-state index contributed by atoms with van der Waals surface area (Å²) in [6, 6.07) is 4.76. The van der Waals surface area contributed by atoms with Crippen molar-refractivity contribution >= 4 is 19.6 Å². The monoisotopic (exact) mass is 295 g/mol. The average molecular weight is 297 g/mol. The van der Waals surface area contributed by atoms with Gasteiger partial charge in [0.2, 0.25) is 0 Å². The predicted molar refractivity (Wildman–Crippen MR) is 51.2 cm³/mol. The van der Waals surface area contributed by atoms with Crippen molar-refractivity contribution in [1.29, 1.82) is 0 Å². The van der Waals surface area contributed by atoms with E-state index in [-0.39, 0.29) is 5.69 Å². The number of halogens is 1. The van der Waals surface area contributed by atoms with Crippen molar-refractivity contribution in [3.8, 4) is 0 Å². The summed E-state index contributed by atoms with van der Waals surface area (Å²) in [7, 11) is 0. The Kier molecular flexibility index (Phi) is 13.7. The Bertz CT molecular complexity index is 219. The minimum atomic E-state index is -0.990. The molecule has 1 aromatic heterocycles. The molecule has 0 unspecified atom stereocenters. The molecular weight excluding hydrogens is 287 g/mol. The van der Waals surface area contributed by atoms with Gasteiger partial charge in [-0.25, -0.2) is 9.78 Å². The number of pyridine rings is 1. The zero-order valence-electron chi connectivity index (χ0n) is 7.40. The van der Waals surface area contributed by atoms with Crippen LogP contribution < -0.4 is 0 Å². The topological polar surface area (TPSA) is 50.2 Å². The molecule has 0 aliphatic heterocycles. The first-order chi connectivity index (χ1) is 6.30. The second-order valence-electron chi connectivity index (χ2n) is 1.52. The Morgan fingerprint density at radius 2 is 2.08 bits per heavy atom. The molecule has 13 heavy (non-hydrogen) atoms. The van der Waals surface area contributed by atoms with E-state index in [0.717, 1.165) is 0 Å². The third-order valence-corrected chi connectivity index (χ3v) is 0.884. The van der Waals surface area contributed by atoms with Crippen molar-refractivity contribution in [3.05, 3.63) is 37.0 Å². The molecule has 0 bridgehead atoms. The van der Waals surface area contributed by atoms with Crippen LogP contribution in [0.4, 0.5) is 0 Å². The normalized spacial score (nSPS) is 7.15. The van der Waals surface area contributed by atoms with Gasteiger partial charge in [-0.3, -0.25) is 0 Å². The van der Waals surface area contributed by atoms with Gasteiger partial charge in [0.15, 0.2) is 0 Å². The van der Waals surface area contributed by atoms with Crippen LogP contribution in [0.2, 0.25) is 0 Å². The third-order valence-electron chi connectivity index (χ3n) is 0.884. The fraction of sp³-hybridized carbons (Fsp3) is 0.125. The van der Waals surface area contributed by atoms with Gasteiger partial charge < -0.3 is 12.0 Å². The Morgan fingerprint density at radius 3 is 2.31 bits per heavy atom. The quantitative estimate of drug-likeness (QED) is 0.640. The summed E-state index contributed by atoms with van der Waals surface area (Å²) >= 11 is 4.25. The first-order valence-corrected chi connectivity index (χ1v) is 10.4. The molecular formula is C8H10BrNO2Zn. The van der Waals surface area contributed by atoms with Gasteiger partial charge in [-0.05, 0) is 12.1 Å². The van der Waals surface area contributed by atoms with E-state index in [1.165, 1.54) is 28.6 Å². The number of hydrogen-bond acceptors (Lipinski definition) is 2. The molecule has 0 atom stereocenters. The zero-order chi connectivity index (χ0) is 10.7. The molecule has 5 heteroatoms. The molecule has 0 aliphatic carbocycles. The van der Waals surface area contributed by atoms with Crippen molar-refractivity contribution in [1.82, 2.24) is 4.98 Å². The summed E-state index contributed by atoms with van der Waals surface area (Å²) in [4.78, 5) is 13.7. The van der Waals surface area contributed by atoms with Crippen molar-refractivity contribution in [2.45, 2.75) is 6.92 Å². The van der Waals surface area contributed by atoms with E-state index in [1.54, 1.807) is 19.1 Å². The van der Waals surface area contributed by atoms with Gasteiger partial charge in [0.1, 0.15) is 5.69 Å². The van der Waals surface area contributed by atoms with E-state index in [9.17, 15) is 4.79 Å². The average Bonchev–Trinajstić information content (AvgIpc) is 2.25. The number of carbonyl (C=O) groups is 1. The van der Waals surface area contributed by atoms with Crippen LogP contribution in [-0.2, 0) is 16.3 Å². The van der Waals surface area contributed by atoms with Gasteiger partial charge in [-0.15, -0.1) is 0 Å². The van der Waals surface area contributed by atoms with Crippen LogP contribution in [0, 0.1) is 6.92 Å². The van der Waals surface area contributed by atoms with Crippen LogP contribution in [0.3, 0.4) is 0 Å². The van der Waals surface area contributed by atoms with Crippen LogP contribution in [-0.4, -0.2) is 16.1 Å². The van der Waals surface area contributed by atoms with Crippen molar-refractivity contribution in [2.24, 2.45) is 0 Å². The molecule has 1 N–H and O–H groups in total. The van der Waals surface area contributed by atoms with Gasteiger partial charge in [0.05, 0.1) is 0 Å². The summed E-state index contributed by atoms with van der Waals surface area (Å²) in [5, 5.41) is 8.32. The molecule has 3 nitrogen and oxygen atoms in total. The minimum absolute atomic E-state index is 0.0810. The SMILES string of the molecule is O=C(O)c1ccccn1.[CH2-]C.[Zn+][Br]. The molecule has 0 saturated heterocycles. The number of aromatic carboxylic acids is 1. The maximum absolute atomic E-state index is 10.1. The van der Waals surface area contributed by atoms with E-state index in [2.05, 4.69) is 25.5 Å². The third kappa shape index (κ3) is 8.06. The van der Waals surface area contributed by atoms with E-state index < -0.39 is 5.97 Å². The number of carboxylic acids is 1. The summed E-state index contributed by atoms with van der Waals surface area (Å²) < 4.78 is 0. The van der Waals surface area contributed by atoms with E-state index in [1.807, 2.05) is 0 Å². The fourth-order valence-corrected chi connectivity index (χ4v) is 0.489. The number of carboxylic acid groups (broad SMARTS) is 1. The van der Waals surface area contributed by atoms with Crippen molar-refractivity contribution in [2.75, 3.05) is 0 Å². The van der Waals surface area contributed by atoms with Crippen LogP contribution in [0.5, 0.6) is 0 Å². The fourth-order valence-electron chi connectivity index (χ4n) is 0.489. The molecule has 0 amide bonds. The molecule has 1 aromatic rings. The molecule has 0 radical (unpaired) electrons. The summed E-state index contributed by atoms with van der Waals surface area (Å²) in [6.45, 7) is 5.00. The van der Waals surface area contributed by atoms with Crippen LogP contribution in [0.25, 0.3) is 0 Å². The Balaban J connectivity index is 0. The van der Waals surface area contributed by atoms with Crippen molar-refractivity contribution < 1.29 is 26.2 Å². The second kappa shape index (κ2) is 11.7. The number of rotatable bonds is 1. The van der Waals surface area contributed by atoms with Crippen LogP contribution in [0.15, 0.2) is 24.4 Å². The molecule has 0 aromatic carbocycles. The zero-order valence-corrected chi connectivity index (χ0v) is 12.0. The van der Waals surface area contributed by atoms with Gasteiger partial charge >= 0.3 is 35.9 Å². The Hall–Kier alpha value is -0.277. The standard InChI is InChI=1S/C6H5NO2.C2H5.BrH.Zn/c8-6(9)5-3-1-2-4-7-5;1-2;;/h1-4H,(H,8,9);1H2,2H3;1H;/q;-1;;+2/p-1. The first-order valence-electron chi connectivity index (χ1n) is 3.42. The van der Waals surface area contributed by atoms with Crippen LogP contribution in [0.1, 0.15) is 17.4 Å². The molecule has 0 spiro atoms. The summed E-state index contributed by atoms with van der Waals surface area (Å²) in [5.74, 6) is -0.990. The van der Waals surface area contributed by atoms with Gasteiger partial charge in [-0.1, -0.05) is 6.07 Å². The van der Waals surface area contributed by atoms with Gasteiger partial charge in [-0.2, -0.15) is 6.92 Å². The number of nitrogens with zero attached hydrogens (tertiary/aromatic N) is 1. The molecule has 68 valence electrons. The number of hydrogen-bond donors (Lipinski definition) is 1. The molecule has 0 fully saturated rings. The second-order valence-corrected chi connectivity index (χ2v) is 1.52. The Labute approximate surface area is 94.6 Å². The first kappa shape index (κ1) is 15.2. The van der Waals surface area contributed by atoms with E-state index in [0.29, 0.717) is 0 Å². The number of aromatic nitrogens is 1. The molecule has 1 heterocycles. The van der Waals surface area contributed by atoms with Crippen molar-refractivity contribution in [3.63, 3.8) is 0 Å². The van der Waals surface area contributed by atoms with Gasteiger partial charge in [0, 0.05) is 6.20 Å². The Morgan fingerprint density at radius 1 is 1.54 bits per heavy atom. The predicted octanol–water partition coefficient (Wildman–Crippen LogP) is 2.46. The van der Waals surface area contributed by atoms with E-state index in [4.69, 9.17) is 5.11 Å². The van der Waals surface area contributed by atoms with Crippen LogP contribution >= 0.6 is 13.6 Å². The molecule has 0 saturated carbocycles.